The fraction of sp³-hybridized carbons (Fsp3) is 0. The Morgan fingerprint density at radius 3 is 2.77 bits per heavy atom. The number of hydrogen-bond acceptors (Lipinski definition) is 5. The molecule has 0 unspecified atom stereocenters. The number of para-hydroxylation sites is 1. The van der Waals surface area contributed by atoms with Crippen molar-refractivity contribution in [1.82, 2.24) is 0 Å². The van der Waals surface area contributed by atoms with E-state index in [9.17, 15) is 20.0 Å². The lowest BCUT2D eigenvalue weighted by Crippen LogP contribution is -2.17. The maximum atomic E-state index is 12.1. The number of phenols is 1. The van der Waals surface area contributed by atoms with E-state index >= 15 is 0 Å². The van der Waals surface area contributed by atoms with E-state index in [-0.39, 0.29) is 5.91 Å². The number of nitro groups is 1. The zero-order chi connectivity index (χ0) is 15.7. The summed E-state index contributed by atoms with van der Waals surface area (Å²) < 4.78 is 0. The van der Waals surface area contributed by atoms with E-state index in [0.717, 1.165) is 10.6 Å². The van der Waals surface area contributed by atoms with Gasteiger partial charge in [0.2, 0.25) is 0 Å². The normalized spacial score (nSPS) is 15.3. The highest BCUT2D eigenvalue weighted by molar-refractivity contribution is 8.04. The second-order valence-corrected chi connectivity index (χ2v) is 5.65. The van der Waals surface area contributed by atoms with Crippen molar-refractivity contribution in [2.75, 3.05) is 5.32 Å². The number of phenolic OH excluding ortho intramolecular Hbond substituents is 1. The maximum Gasteiger partial charge on any atom is 0.311 e. The molecule has 22 heavy (non-hydrogen) atoms. The van der Waals surface area contributed by atoms with Gasteiger partial charge in [-0.15, -0.1) is 0 Å². The van der Waals surface area contributed by atoms with Gasteiger partial charge in [-0.2, -0.15) is 0 Å². The lowest BCUT2D eigenvalue weighted by atomic mass is 10.1. The van der Waals surface area contributed by atoms with Crippen LogP contribution < -0.4 is 5.32 Å². The number of nitro benzene ring substituents is 1. The first-order chi connectivity index (χ1) is 10.5. The molecule has 2 aromatic carbocycles. The zero-order valence-electron chi connectivity index (χ0n) is 11.1. The average molecular weight is 314 g/mol. The number of nitrogens with one attached hydrogen (secondary N) is 1. The molecule has 2 aromatic rings. The van der Waals surface area contributed by atoms with Crippen molar-refractivity contribution in [3.63, 3.8) is 0 Å². The quantitative estimate of drug-likeness (QED) is 0.503. The summed E-state index contributed by atoms with van der Waals surface area (Å²) >= 11 is 1.30. The van der Waals surface area contributed by atoms with Crippen LogP contribution in [0.3, 0.4) is 0 Å². The van der Waals surface area contributed by atoms with Gasteiger partial charge in [0.05, 0.1) is 15.5 Å². The van der Waals surface area contributed by atoms with E-state index < -0.39 is 16.4 Å². The molecule has 2 N–H and O–H groups in total. The second kappa shape index (κ2) is 5.53. The fourth-order valence-corrected chi connectivity index (χ4v) is 2.98. The number of aromatic hydroxyl groups is 1. The number of anilines is 1. The Bertz CT molecular complexity index is 817. The van der Waals surface area contributed by atoms with Crippen molar-refractivity contribution in [3.8, 4) is 5.75 Å². The number of rotatable bonds is 2. The highest BCUT2D eigenvalue weighted by Gasteiger charge is 2.21. The molecule has 3 rings (SSSR count). The third-order valence-electron chi connectivity index (χ3n) is 3.07. The number of carbonyl (C=O) groups excluding carboxylic acids is 1. The molecule has 0 atom stereocenters. The van der Waals surface area contributed by atoms with E-state index in [4.69, 9.17) is 0 Å². The van der Waals surface area contributed by atoms with Crippen LogP contribution in [0.25, 0.3) is 6.08 Å². The molecule has 6 nitrogen and oxygen atoms in total. The van der Waals surface area contributed by atoms with E-state index in [0.29, 0.717) is 10.5 Å². The van der Waals surface area contributed by atoms with Gasteiger partial charge in [-0.25, -0.2) is 0 Å². The van der Waals surface area contributed by atoms with Gasteiger partial charge in [0.25, 0.3) is 5.91 Å². The standard InChI is InChI=1S/C15H10N2O4S/c18-12-6-5-9(7-11(12)17(20)21)8-14-15(19)16-10-3-1-2-4-13(10)22-14/h1-8,18H,(H,16,19). The highest BCUT2D eigenvalue weighted by Crippen LogP contribution is 2.39. The number of benzene rings is 2. The van der Waals surface area contributed by atoms with Gasteiger partial charge in [-0.3, -0.25) is 14.9 Å². The molecule has 7 heteroatoms. The lowest BCUT2D eigenvalue weighted by molar-refractivity contribution is -0.385. The fourth-order valence-electron chi connectivity index (χ4n) is 2.03. The van der Waals surface area contributed by atoms with Crippen LogP contribution in [0, 0.1) is 10.1 Å². The first-order valence-electron chi connectivity index (χ1n) is 6.32. The zero-order valence-corrected chi connectivity index (χ0v) is 12.0. The van der Waals surface area contributed by atoms with Crippen molar-refractivity contribution in [3.05, 3.63) is 63.0 Å². The Balaban J connectivity index is 1.98. The molecular weight excluding hydrogens is 304 g/mol. The Hall–Kier alpha value is -2.80. The summed E-state index contributed by atoms with van der Waals surface area (Å²) in [7, 11) is 0. The number of hydrogen-bond donors (Lipinski definition) is 2. The molecule has 0 fully saturated rings. The van der Waals surface area contributed by atoms with Crippen LogP contribution in [0.5, 0.6) is 5.75 Å². The number of carbonyl (C=O) groups is 1. The number of thioether (sulfide) groups is 1. The molecule has 0 aromatic heterocycles. The summed E-state index contributed by atoms with van der Waals surface area (Å²) in [4.78, 5) is 23.6. The minimum atomic E-state index is -0.666. The lowest BCUT2D eigenvalue weighted by Gasteiger charge is -2.18. The minimum absolute atomic E-state index is 0.264. The maximum absolute atomic E-state index is 12.1. The van der Waals surface area contributed by atoms with Crippen LogP contribution in [-0.4, -0.2) is 15.9 Å². The number of fused-ring (bicyclic) bond motifs is 1. The summed E-state index contributed by atoms with van der Waals surface area (Å²) in [6, 6.07) is 11.4. The number of nitrogens with zero attached hydrogens (tertiary/aromatic N) is 1. The molecule has 0 saturated carbocycles. The molecule has 1 aliphatic rings. The Morgan fingerprint density at radius 2 is 2.00 bits per heavy atom. The smallest absolute Gasteiger partial charge is 0.311 e. The molecule has 0 saturated heterocycles. The van der Waals surface area contributed by atoms with Gasteiger partial charge in [0, 0.05) is 11.0 Å². The molecule has 1 heterocycles. The monoisotopic (exact) mass is 314 g/mol. The van der Waals surface area contributed by atoms with Crippen molar-refractivity contribution in [2.45, 2.75) is 4.90 Å². The van der Waals surface area contributed by atoms with Gasteiger partial charge in [-0.05, 0) is 29.8 Å². The Morgan fingerprint density at radius 1 is 1.23 bits per heavy atom. The molecular formula is C15H10N2O4S. The van der Waals surface area contributed by atoms with Crippen molar-refractivity contribution in [2.24, 2.45) is 0 Å². The van der Waals surface area contributed by atoms with Crippen molar-refractivity contribution >= 4 is 35.1 Å². The molecule has 110 valence electrons. The van der Waals surface area contributed by atoms with Crippen molar-refractivity contribution in [1.29, 1.82) is 0 Å². The second-order valence-electron chi connectivity index (χ2n) is 4.57. The van der Waals surface area contributed by atoms with E-state index in [1.165, 1.54) is 30.0 Å². The van der Waals surface area contributed by atoms with Gasteiger partial charge < -0.3 is 10.4 Å². The van der Waals surface area contributed by atoms with Gasteiger partial charge in [-0.1, -0.05) is 30.0 Å². The van der Waals surface area contributed by atoms with E-state index in [1.54, 1.807) is 6.08 Å². The average Bonchev–Trinajstić information content (AvgIpc) is 2.49. The van der Waals surface area contributed by atoms with E-state index in [1.807, 2.05) is 24.3 Å². The third kappa shape index (κ3) is 2.66. The molecule has 0 radical (unpaired) electrons. The first kappa shape index (κ1) is 14.2. The third-order valence-corrected chi connectivity index (χ3v) is 4.17. The van der Waals surface area contributed by atoms with Gasteiger partial charge in [0.1, 0.15) is 0 Å². The van der Waals surface area contributed by atoms with Crippen LogP contribution in [0.4, 0.5) is 11.4 Å². The summed E-state index contributed by atoms with van der Waals surface area (Å²) in [6.07, 6.45) is 1.56. The Labute approximate surface area is 129 Å². The predicted octanol–water partition coefficient (Wildman–Crippen LogP) is 3.39. The van der Waals surface area contributed by atoms with Gasteiger partial charge >= 0.3 is 5.69 Å². The minimum Gasteiger partial charge on any atom is -0.502 e. The van der Waals surface area contributed by atoms with Crippen LogP contribution in [-0.2, 0) is 4.79 Å². The van der Waals surface area contributed by atoms with Crippen LogP contribution >= 0.6 is 11.8 Å². The van der Waals surface area contributed by atoms with Crippen molar-refractivity contribution < 1.29 is 14.8 Å². The van der Waals surface area contributed by atoms with Crippen LogP contribution in [0.15, 0.2) is 52.3 Å². The first-order valence-corrected chi connectivity index (χ1v) is 7.13. The largest absolute Gasteiger partial charge is 0.502 e. The van der Waals surface area contributed by atoms with Crippen LogP contribution in [0.2, 0.25) is 0 Å². The molecule has 1 amide bonds. The molecule has 0 spiro atoms. The molecule has 1 aliphatic heterocycles. The van der Waals surface area contributed by atoms with E-state index in [2.05, 4.69) is 5.32 Å². The molecule has 0 bridgehead atoms. The highest BCUT2D eigenvalue weighted by atomic mass is 32.2. The SMILES string of the molecule is O=C1Nc2ccccc2SC1=Cc1ccc(O)c([N+](=O)[O-])c1. The predicted molar refractivity (Wildman–Crippen MR) is 83.7 cm³/mol. The molecule has 0 aliphatic carbocycles. The topological polar surface area (TPSA) is 92.5 Å². The summed E-state index contributed by atoms with van der Waals surface area (Å²) in [5.41, 5.74) is 0.823. The summed E-state index contributed by atoms with van der Waals surface area (Å²) in [5.74, 6) is -0.669. The summed E-state index contributed by atoms with van der Waals surface area (Å²) in [5, 5.41) is 23.0. The summed E-state index contributed by atoms with van der Waals surface area (Å²) in [6.45, 7) is 0. The van der Waals surface area contributed by atoms with Crippen LogP contribution in [0.1, 0.15) is 5.56 Å². The number of amides is 1. The van der Waals surface area contributed by atoms with Gasteiger partial charge in [0.15, 0.2) is 5.75 Å². The Kier molecular flexibility index (Phi) is 3.56.